The van der Waals surface area contributed by atoms with E-state index in [-0.39, 0.29) is 39.3 Å². The Hall–Kier alpha value is -4.55. The van der Waals surface area contributed by atoms with Crippen molar-refractivity contribution >= 4 is 58.8 Å². The lowest BCUT2D eigenvalue weighted by Gasteiger charge is -2.49. The van der Waals surface area contributed by atoms with Gasteiger partial charge in [-0.3, -0.25) is 24.1 Å². The molecule has 16 nitrogen and oxygen atoms in total. The number of carbonyl (C=O) groups is 4. The zero-order chi connectivity index (χ0) is 32.4. The summed E-state index contributed by atoms with van der Waals surface area (Å²) in [6.45, 7) is 0.951. The highest BCUT2D eigenvalue weighted by atomic mass is 35.5. The minimum atomic E-state index is -1.33. The highest BCUT2D eigenvalue weighted by molar-refractivity contribution is 8.01. The topological polar surface area (TPSA) is 222 Å². The number of thioether (sulfide) groups is 2. The van der Waals surface area contributed by atoms with Crippen LogP contribution in [0.3, 0.4) is 0 Å². The van der Waals surface area contributed by atoms with Crippen LogP contribution in [0.1, 0.15) is 17.3 Å². The molecule has 0 radical (unpaired) electrons. The molecule has 2 aromatic heterocycles. The summed E-state index contributed by atoms with van der Waals surface area (Å²) in [5.74, 6) is -3.22. The van der Waals surface area contributed by atoms with E-state index in [1.54, 1.807) is 14.0 Å². The van der Waals surface area contributed by atoms with Gasteiger partial charge in [0, 0.05) is 30.4 Å². The molecular formula is C26H25ClN8O8S2. The number of nitrogens with one attached hydrogen (secondary N) is 3. The number of H-pyrrole nitrogens is 1. The average Bonchev–Trinajstić information content (AvgIpc) is 3.43. The van der Waals surface area contributed by atoms with Gasteiger partial charge in [-0.1, -0.05) is 35.5 Å². The van der Waals surface area contributed by atoms with E-state index >= 15 is 0 Å². The molecule has 0 aliphatic carbocycles. The molecule has 5 rings (SSSR count). The molecule has 3 aromatic rings. The number of halogens is 1. The van der Waals surface area contributed by atoms with Crippen molar-refractivity contribution in [3.8, 4) is 11.5 Å². The fourth-order valence-electron chi connectivity index (χ4n) is 4.53. The zero-order valence-corrected chi connectivity index (χ0v) is 25.9. The van der Waals surface area contributed by atoms with E-state index in [9.17, 15) is 34.2 Å². The first-order valence-corrected chi connectivity index (χ1v) is 15.5. The first kappa shape index (κ1) is 31.9. The number of rotatable bonds is 11. The molecule has 2 aliphatic heterocycles. The van der Waals surface area contributed by atoms with Gasteiger partial charge in [-0.2, -0.15) is 0 Å². The predicted molar refractivity (Wildman–Crippen MR) is 161 cm³/mol. The first-order chi connectivity index (χ1) is 21.5. The van der Waals surface area contributed by atoms with Gasteiger partial charge in [0.2, 0.25) is 16.5 Å². The molecule has 19 heteroatoms. The van der Waals surface area contributed by atoms with Crippen LogP contribution in [0, 0.1) is 6.92 Å². The number of aromatic hydroxyl groups is 1. The fraction of sp³-hybridized carbons (Fsp3) is 0.308. The number of tetrazole rings is 1. The van der Waals surface area contributed by atoms with Gasteiger partial charge in [0.15, 0.2) is 12.4 Å². The number of hydrogen-bond acceptors (Lipinski definition) is 12. The molecule has 0 bridgehead atoms. The molecule has 1 aromatic carbocycles. The number of aliphatic carboxylic acids is 1. The Morgan fingerprint density at radius 1 is 1.27 bits per heavy atom. The van der Waals surface area contributed by atoms with Gasteiger partial charge >= 0.3 is 5.97 Å². The third kappa shape index (κ3) is 6.62. The summed E-state index contributed by atoms with van der Waals surface area (Å²) in [7, 11) is 1.65. The summed E-state index contributed by atoms with van der Waals surface area (Å²) in [5, 5.41) is 35.7. The normalized spacial score (nSPS) is 18.1. The predicted octanol–water partition coefficient (Wildman–Crippen LogP) is 0.333. The Balaban J connectivity index is 1.29. The van der Waals surface area contributed by atoms with Gasteiger partial charge in [0.1, 0.15) is 33.9 Å². The number of fused-ring (bicyclic) bond motifs is 1. The lowest BCUT2D eigenvalue weighted by atomic mass is 10.0. The van der Waals surface area contributed by atoms with E-state index in [1.807, 2.05) is 0 Å². The number of nitrogens with zero attached hydrogens (tertiary/aromatic N) is 5. The highest BCUT2D eigenvalue weighted by Gasteiger charge is 2.54. The smallest absolute Gasteiger partial charge is 0.352 e. The molecule has 3 atom stereocenters. The van der Waals surface area contributed by atoms with Crippen molar-refractivity contribution in [2.24, 2.45) is 7.05 Å². The number of ether oxygens (including phenoxy) is 1. The van der Waals surface area contributed by atoms with Crippen LogP contribution in [-0.4, -0.2) is 93.5 Å². The minimum Gasteiger partial charge on any atom is -0.508 e. The number of amides is 3. The number of aryl methyl sites for hydroxylation is 2. The maximum atomic E-state index is 13.5. The molecule has 3 amide bonds. The van der Waals surface area contributed by atoms with Crippen molar-refractivity contribution in [2.75, 3.05) is 18.1 Å². The molecule has 5 N–H and O–H groups in total. The number of aromatic nitrogens is 5. The molecule has 1 saturated heterocycles. The second kappa shape index (κ2) is 13.2. The van der Waals surface area contributed by atoms with Crippen LogP contribution in [0.5, 0.6) is 11.5 Å². The van der Waals surface area contributed by atoms with E-state index in [0.29, 0.717) is 16.4 Å². The first-order valence-electron chi connectivity index (χ1n) is 13.1. The van der Waals surface area contributed by atoms with Crippen molar-refractivity contribution in [1.29, 1.82) is 0 Å². The summed E-state index contributed by atoms with van der Waals surface area (Å²) < 4.78 is 6.76. The highest BCUT2D eigenvalue weighted by Crippen LogP contribution is 2.41. The van der Waals surface area contributed by atoms with Crippen LogP contribution in [0.4, 0.5) is 0 Å². The van der Waals surface area contributed by atoms with Gasteiger partial charge < -0.3 is 30.6 Å². The van der Waals surface area contributed by atoms with E-state index in [0.717, 1.165) is 4.90 Å². The number of phenolic OH excluding ortho intramolecular Hbond substituents is 1. The zero-order valence-electron chi connectivity index (χ0n) is 23.5. The monoisotopic (exact) mass is 676 g/mol. The maximum absolute atomic E-state index is 13.5. The molecule has 236 valence electrons. The number of phenols is 1. The quantitative estimate of drug-likeness (QED) is 0.137. The molecule has 0 saturated carbocycles. The van der Waals surface area contributed by atoms with Crippen LogP contribution in [-0.2, 0) is 26.2 Å². The number of carboxylic acids is 1. The van der Waals surface area contributed by atoms with Crippen molar-refractivity contribution in [1.82, 2.24) is 40.7 Å². The van der Waals surface area contributed by atoms with E-state index in [2.05, 4.69) is 31.1 Å². The van der Waals surface area contributed by atoms with E-state index in [1.165, 1.54) is 58.7 Å². The number of carboxylic acid groups (broad SMARTS) is 1. The Morgan fingerprint density at radius 3 is 2.67 bits per heavy atom. The van der Waals surface area contributed by atoms with E-state index in [4.69, 9.17) is 16.3 Å². The van der Waals surface area contributed by atoms with Gasteiger partial charge in [-0.15, -0.1) is 16.9 Å². The SMILES string of the molecule is Cc1[nH]cc(OCC(=O)NC(C(=O)NC2C(=O)N3C(C(=O)O)=C(CSc4nnnn4C)CS[C@@H]23)c2ccc(O)cc2)c(=O)c1Cl. The van der Waals surface area contributed by atoms with Crippen molar-refractivity contribution in [3.05, 3.63) is 68.2 Å². The van der Waals surface area contributed by atoms with Crippen LogP contribution < -0.4 is 20.8 Å². The molecular weight excluding hydrogens is 652 g/mol. The van der Waals surface area contributed by atoms with Gasteiger partial charge in [-0.05, 0) is 40.6 Å². The summed E-state index contributed by atoms with van der Waals surface area (Å²) in [5.41, 5.74) is 0.414. The maximum Gasteiger partial charge on any atom is 0.352 e. The lowest BCUT2D eigenvalue weighted by Crippen LogP contribution is -2.71. The summed E-state index contributed by atoms with van der Waals surface area (Å²) in [6.07, 6.45) is 1.26. The number of benzene rings is 1. The largest absolute Gasteiger partial charge is 0.508 e. The molecule has 4 heterocycles. The number of aromatic amines is 1. The Bertz CT molecular complexity index is 1760. The average molecular weight is 677 g/mol. The fourth-order valence-corrected chi connectivity index (χ4v) is 7.01. The van der Waals surface area contributed by atoms with Gasteiger partial charge in [0.05, 0.1) is 0 Å². The summed E-state index contributed by atoms with van der Waals surface area (Å²) in [6, 6.07) is 3.06. The van der Waals surface area contributed by atoms with Crippen molar-refractivity contribution in [2.45, 2.75) is 29.5 Å². The summed E-state index contributed by atoms with van der Waals surface area (Å²) >= 11 is 8.46. The Morgan fingerprint density at radius 2 is 2.00 bits per heavy atom. The minimum absolute atomic E-state index is 0.0798. The van der Waals surface area contributed by atoms with Crippen LogP contribution in [0.25, 0.3) is 0 Å². The van der Waals surface area contributed by atoms with Crippen molar-refractivity contribution in [3.63, 3.8) is 0 Å². The molecule has 1 fully saturated rings. The van der Waals surface area contributed by atoms with Crippen LogP contribution in [0.2, 0.25) is 5.02 Å². The third-order valence-corrected chi connectivity index (χ3v) is 9.72. The number of hydrogen-bond donors (Lipinski definition) is 5. The second-order valence-corrected chi connectivity index (χ2v) is 12.3. The van der Waals surface area contributed by atoms with Crippen molar-refractivity contribution < 1.29 is 34.1 Å². The molecule has 2 unspecified atom stereocenters. The van der Waals surface area contributed by atoms with Crippen LogP contribution >= 0.6 is 35.1 Å². The number of carbonyl (C=O) groups excluding carboxylic acids is 3. The molecule has 2 aliphatic rings. The van der Waals surface area contributed by atoms with Gasteiger partial charge in [-0.25, -0.2) is 9.48 Å². The van der Waals surface area contributed by atoms with E-state index < -0.39 is 53.2 Å². The Labute approximate surface area is 267 Å². The standard InChI is InChI=1S/C26H25ClN8O8S2/c1-11-17(27)21(38)15(7-28-11)43-8-16(37)29-18(12-3-5-14(36)6-4-12)22(39)30-19-23(40)35-20(25(41)42)13(9-44-24(19)35)10-45-26-31-32-33-34(26)2/h3-7,18-19,24,36H,8-10H2,1-2H3,(H,28,38)(H,29,37)(H,30,39)(H,41,42)/t18?,19?,24-/m0/s1. The summed E-state index contributed by atoms with van der Waals surface area (Å²) in [4.78, 5) is 68.0. The van der Waals surface area contributed by atoms with Crippen LogP contribution in [0.15, 0.2) is 51.7 Å². The second-order valence-electron chi connectivity index (χ2n) is 9.83. The molecule has 0 spiro atoms. The Kier molecular flexibility index (Phi) is 9.35. The number of β-lactam (4-membered cyclic amide) rings is 1. The lowest BCUT2D eigenvalue weighted by molar-refractivity contribution is -0.151. The van der Waals surface area contributed by atoms with Gasteiger partial charge in [0.25, 0.3) is 11.8 Å². The third-order valence-electron chi connectivity index (χ3n) is 6.83. The molecule has 45 heavy (non-hydrogen) atoms. The number of pyridine rings is 1.